The topological polar surface area (TPSA) is 120 Å². The van der Waals surface area contributed by atoms with Gasteiger partial charge in [-0.25, -0.2) is 4.98 Å². The van der Waals surface area contributed by atoms with Crippen LogP contribution in [-0.4, -0.2) is 16.6 Å². The van der Waals surface area contributed by atoms with Gasteiger partial charge in [0.15, 0.2) is 0 Å². The fourth-order valence-corrected chi connectivity index (χ4v) is 5.87. The average molecular weight is 496 g/mol. The molecule has 2 aromatic carbocycles. The normalized spacial score (nSPS) is 11.8. The first kappa shape index (κ1) is 22.6. The van der Waals surface area contributed by atoms with Crippen LogP contribution in [0.2, 0.25) is 0 Å². The van der Waals surface area contributed by atoms with Crippen molar-refractivity contribution >= 4 is 46.6 Å². The maximum absolute atomic E-state index is 13.4. The first-order chi connectivity index (χ1) is 17.1. The summed E-state index contributed by atoms with van der Waals surface area (Å²) >= 11 is 2.89. The van der Waals surface area contributed by atoms with Crippen molar-refractivity contribution in [1.29, 1.82) is 10.5 Å². The van der Waals surface area contributed by atoms with E-state index in [9.17, 15) is 15.3 Å². The number of thioether (sulfide) groups is 1. The van der Waals surface area contributed by atoms with Crippen molar-refractivity contribution in [1.82, 2.24) is 4.98 Å². The Labute approximate surface area is 210 Å². The Hall–Kier alpha value is -4.18. The summed E-state index contributed by atoms with van der Waals surface area (Å²) in [7, 11) is 0. The Morgan fingerprint density at radius 1 is 1.00 bits per heavy atom. The van der Waals surface area contributed by atoms with Gasteiger partial charge in [-0.3, -0.25) is 9.69 Å². The highest BCUT2D eigenvalue weighted by atomic mass is 32.2. The van der Waals surface area contributed by atoms with Gasteiger partial charge in [-0.15, -0.1) is 11.8 Å². The molecule has 0 unspecified atom stereocenters. The molecular weight excluding hydrogens is 478 g/mol. The largest absolute Gasteiger partial charge is 0.464 e. The number of nitriles is 2. The van der Waals surface area contributed by atoms with E-state index in [-0.39, 0.29) is 29.3 Å². The molecule has 35 heavy (non-hydrogen) atoms. The molecule has 0 aliphatic carbocycles. The van der Waals surface area contributed by atoms with Crippen LogP contribution in [0.4, 0.5) is 17.2 Å². The molecule has 0 atom stereocenters. The van der Waals surface area contributed by atoms with E-state index < -0.39 is 0 Å². The van der Waals surface area contributed by atoms with Gasteiger partial charge in [-0.05, 0) is 36.4 Å². The zero-order valence-electron chi connectivity index (χ0n) is 18.3. The lowest BCUT2D eigenvalue weighted by atomic mass is 10.0. The molecule has 7 nitrogen and oxygen atoms in total. The van der Waals surface area contributed by atoms with Crippen molar-refractivity contribution in [3.05, 3.63) is 78.1 Å². The van der Waals surface area contributed by atoms with Crippen LogP contribution in [0.25, 0.3) is 11.3 Å². The quantitative estimate of drug-likeness (QED) is 0.336. The lowest BCUT2D eigenvalue weighted by molar-refractivity contribution is -0.117. The summed E-state index contributed by atoms with van der Waals surface area (Å²) < 4.78 is 5.45. The number of hydrogen-bond acceptors (Lipinski definition) is 8. The summed E-state index contributed by atoms with van der Waals surface area (Å²) in [4.78, 5) is 21.5. The number of nitrogens with two attached hydrogens (primary N) is 1. The van der Waals surface area contributed by atoms with Crippen LogP contribution in [-0.2, 0) is 4.79 Å². The number of nitrogen functional groups attached to an aromatic ring is 1. The molecule has 0 saturated carbocycles. The third-order valence-corrected chi connectivity index (χ3v) is 7.53. The van der Waals surface area contributed by atoms with E-state index in [4.69, 9.17) is 10.2 Å². The molecule has 2 N–H and O–H groups in total. The van der Waals surface area contributed by atoms with E-state index in [2.05, 4.69) is 11.1 Å². The standard InChI is InChI=1S/C26H17N5O2S2/c27-14-16-24(20-8-5-12-33-20)17(15-28)26(30-25(16)29)34-13-11-23(32)31-18-6-1-3-9-21(18)35-22-10-4-2-7-19(22)31/h1-10,12H,11,13H2,(H2,29,30). The van der Waals surface area contributed by atoms with Gasteiger partial charge in [0.25, 0.3) is 0 Å². The minimum Gasteiger partial charge on any atom is -0.464 e. The van der Waals surface area contributed by atoms with E-state index in [1.165, 1.54) is 18.0 Å². The lowest BCUT2D eigenvalue weighted by Crippen LogP contribution is -2.28. The molecule has 0 saturated heterocycles. The van der Waals surface area contributed by atoms with Crippen LogP contribution in [0.5, 0.6) is 0 Å². The van der Waals surface area contributed by atoms with Gasteiger partial charge < -0.3 is 10.2 Å². The molecule has 0 spiro atoms. The molecule has 0 bridgehead atoms. The van der Waals surface area contributed by atoms with E-state index in [1.807, 2.05) is 54.6 Å². The van der Waals surface area contributed by atoms with E-state index in [0.717, 1.165) is 21.2 Å². The summed E-state index contributed by atoms with van der Waals surface area (Å²) in [5, 5.41) is 19.8. The molecule has 5 rings (SSSR count). The van der Waals surface area contributed by atoms with Crippen molar-refractivity contribution in [2.45, 2.75) is 21.2 Å². The molecule has 1 aliphatic rings. The number of fused-ring (bicyclic) bond motifs is 2. The SMILES string of the molecule is N#Cc1c(N)nc(SCCC(=O)N2c3ccccc3Sc3ccccc32)c(C#N)c1-c1ccco1. The summed E-state index contributed by atoms with van der Waals surface area (Å²) in [6.07, 6.45) is 1.67. The van der Waals surface area contributed by atoms with Crippen LogP contribution >= 0.6 is 23.5 Å². The van der Waals surface area contributed by atoms with Gasteiger partial charge >= 0.3 is 0 Å². The number of hydrogen-bond donors (Lipinski definition) is 1. The fraction of sp³-hybridized carbons (Fsp3) is 0.0769. The summed E-state index contributed by atoms with van der Waals surface area (Å²) in [5.41, 5.74) is 8.36. The van der Waals surface area contributed by atoms with Gasteiger partial charge in [-0.2, -0.15) is 10.5 Å². The zero-order chi connectivity index (χ0) is 24.4. The zero-order valence-corrected chi connectivity index (χ0v) is 19.9. The van der Waals surface area contributed by atoms with Crippen molar-refractivity contribution in [2.75, 3.05) is 16.4 Å². The van der Waals surface area contributed by atoms with E-state index in [0.29, 0.717) is 22.1 Å². The number of aromatic nitrogens is 1. The maximum Gasteiger partial charge on any atom is 0.232 e. The van der Waals surface area contributed by atoms with Crippen LogP contribution in [0.15, 0.2) is 86.2 Å². The monoisotopic (exact) mass is 495 g/mol. The minimum absolute atomic E-state index is 0.0163. The molecule has 3 heterocycles. The highest BCUT2D eigenvalue weighted by Crippen LogP contribution is 2.48. The van der Waals surface area contributed by atoms with Crippen LogP contribution < -0.4 is 10.6 Å². The number of carbonyl (C=O) groups excluding carboxylic acids is 1. The first-order valence-corrected chi connectivity index (χ1v) is 12.4. The van der Waals surface area contributed by atoms with E-state index in [1.54, 1.807) is 28.8 Å². The second-order valence-corrected chi connectivity index (χ2v) is 9.66. The number of pyridine rings is 1. The van der Waals surface area contributed by atoms with Gasteiger partial charge in [0.2, 0.25) is 5.91 Å². The Morgan fingerprint density at radius 2 is 1.66 bits per heavy atom. The lowest BCUT2D eigenvalue weighted by Gasteiger charge is -2.31. The fourth-order valence-electron chi connectivity index (χ4n) is 3.89. The second kappa shape index (κ2) is 9.59. The smallest absolute Gasteiger partial charge is 0.232 e. The average Bonchev–Trinajstić information content (AvgIpc) is 3.41. The molecule has 170 valence electrons. The van der Waals surface area contributed by atoms with Crippen LogP contribution in [0.1, 0.15) is 17.5 Å². The number of anilines is 3. The number of nitrogens with zero attached hydrogens (tertiary/aromatic N) is 4. The number of amides is 1. The van der Waals surface area contributed by atoms with Gasteiger partial charge in [0, 0.05) is 22.0 Å². The van der Waals surface area contributed by atoms with Crippen molar-refractivity contribution in [2.24, 2.45) is 0 Å². The Morgan fingerprint density at radius 3 is 2.26 bits per heavy atom. The van der Waals surface area contributed by atoms with Crippen molar-refractivity contribution < 1.29 is 9.21 Å². The third kappa shape index (κ3) is 4.12. The molecule has 4 aromatic rings. The van der Waals surface area contributed by atoms with Crippen LogP contribution in [0, 0.1) is 22.7 Å². The number of carbonyl (C=O) groups is 1. The van der Waals surface area contributed by atoms with Crippen molar-refractivity contribution in [3.63, 3.8) is 0 Å². The van der Waals surface area contributed by atoms with Crippen LogP contribution in [0.3, 0.4) is 0 Å². The van der Waals surface area contributed by atoms with Crippen molar-refractivity contribution in [3.8, 4) is 23.5 Å². The van der Waals surface area contributed by atoms with E-state index >= 15 is 0 Å². The molecule has 1 amide bonds. The second-order valence-electron chi connectivity index (χ2n) is 7.49. The predicted molar refractivity (Wildman–Crippen MR) is 135 cm³/mol. The predicted octanol–water partition coefficient (Wildman–Crippen LogP) is 5.98. The summed E-state index contributed by atoms with van der Waals surface area (Å²) in [6, 6.07) is 23.1. The Balaban J connectivity index is 1.42. The highest BCUT2D eigenvalue weighted by molar-refractivity contribution is 7.99. The molecular formula is C26H17N5O2S2. The maximum atomic E-state index is 13.4. The molecule has 0 fully saturated rings. The van der Waals surface area contributed by atoms with Gasteiger partial charge in [-0.1, -0.05) is 36.0 Å². The summed E-state index contributed by atoms with van der Waals surface area (Å²) in [6.45, 7) is 0. The van der Waals surface area contributed by atoms with Gasteiger partial charge in [0.05, 0.1) is 28.8 Å². The molecule has 9 heteroatoms. The number of para-hydroxylation sites is 2. The molecule has 0 radical (unpaired) electrons. The Kier molecular flexibility index (Phi) is 6.19. The number of furan rings is 1. The Bertz CT molecular complexity index is 1470. The molecule has 2 aromatic heterocycles. The molecule has 1 aliphatic heterocycles. The minimum atomic E-state index is -0.0657. The summed E-state index contributed by atoms with van der Waals surface area (Å²) in [5.74, 6) is 0.688. The first-order valence-electron chi connectivity index (χ1n) is 10.6. The third-order valence-electron chi connectivity index (χ3n) is 5.42. The number of rotatable bonds is 5. The number of benzene rings is 2. The van der Waals surface area contributed by atoms with Gasteiger partial charge in [0.1, 0.15) is 34.3 Å². The highest BCUT2D eigenvalue weighted by Gasteiger charge is 2.28.